The molecular formula is C24H16BrF2N3O3. The molecule has 1 amide bonds. The summed E-state index contributed by atoms with van der Waals surface area (Å²) < 4.78 is 29.3. The predicted molar refractivity (Wildman–Crippen MR) is 123 cm³/mol. The molecule has 0 atom stereocenters. The van der Waals surface area contributed by atoms with Gasteiger partial charge >= 0.3 is 0 Å². The van der Waals surface area contributed by atoms with Gasteiger partial charge in [0.05, 0.1) is 16.6 Å². The Bertz CT molecular complexity index is 1470. The standard InChI is InChI=1S/C24H16BrF2N3O3/c1-13-2-8-17-23(33)18(22(32)14-3-6-16(26)7-4-14)11-30(24(17)28-13)12-21(31)29-20-9-5-15(25)10-19(20)27/h2-11H,12H2,1H3,(H,29,31). The van der Waals surface area contributed by atoms with Crippen LogP contribution in [0.4, 0.5) is 14.5 Å². The lowest BCUT2D eigenvalue weighted by atomic mass is 10.0. The number of aromatic nitrogens is 2. The number of benzene rings is 2. The molecule has 0 aliphatic heterocycles. The van der Waals surface area contributed by atoms with E-state index < -0.39 is 28.8 Å². The van der Waals surface area contributed by atoms with Crippen LogP contribution < -0.4 is 10.7 Å². The Morgan fingerprint density at radius 1 is 1.06 bits per heavy atom. The molecule has 0 bridgehead atoms. The lowest BCUT2D eigenvalue weighted by molar-refractivity contribution is -0.116. The Kier molecular flexibility index (Phi) is 6.15. The zero-order valence-corrected chi connectivity index (χ0v) is 18.8. The van der Waals surface area contributed by atoms with E-state index in [1.807, 2.05) is 0 Å². The Morgan fingerprint density at radius 3 is 2.48 bits per heavy atom. The number of halogens is 3. The lowest BCUT2D eigenvalue weighted by Crippen LogP contribution is -2.25. The summed E-state index contributed by atoms with van der Waals surface area (Å²) in [6, 6.07) is 12.2. The first-order chi connectivity index (χ1) is 15.7. The van der Waals surface area contributed by atoms with Crippen LogP contribution in [0, 0.1) is 18.6 Å². The fourth-order valence-electron chi connectivity index (χ4n) is 3.33. The molecule has 2 heterocycles. The van der Waals surface area contributed by atoms with Crippen molar-refractivity contribution in [1.82, 2.24) is 9.55 Å². The number of pyridine rings is 2. The molecular weight excluding hydrogens is 496 g/mol. The minimum atomic E-state index is -0.622. The molecule has 4 rings (SSSR count). The summed E-state index contributed by atoms with van der Waals surface area (Å²) in [5, 5.41) is 2.63. The van der Waals surface area contributed by atoms with Crippen LogP contribution in [0.3, 0.4) is 0 Å². The zero-order valence-electron chi connectivity index (χ0n) is 17.2. The van der Waals surface area contributed by atoms with Crippen molar-refractivity contribution in [3.63, 3.8) is 0 Å². The third kappa shape index (κ3) is 4.73. The largest absolute Gasteiger partial charge is 0.322 e. The first-order valence-corrected chi connectivity index (χ1v) is 10.6. The first kappa shape index (κ1) is 22.5. The quantitative estimate of drug-likeness (QED) is 0.396. The maximum atomic E-state index is 14.1. The molecule has 0 aliphatic rings. The van der Waals surface area contributed by atoms with E-state index in [2.05, 4.69) is 26.2 Å². The van der Waals surface area contributed by atoms with E-state index in [-0.39, 0.29) is 34.4 Å². The number of carbonyl (C=O) groups is 2. The number of fused-ring (bicyclic) bond motifs is 1. The van der Waals surface area contributed by atoms with Gasteiger partial charge in [-0.2, -0.15) is 0 Å². The van der Waals surface area contributed by atoms with Gasteiger partial charge in [0, 0.05) is 21.9 Å². The molecule has 6 nitrogen and oxygen atoms in total. The molecule has 0 saturated heterocycles. The number of amides is 1. The van der Waals surface area contributed by atoms with Gasteiger partial charge in [-0.25, -0.2) is 13.8 Å². The van der Waals surface area contributed by atoms with E-state index >= 15 is 0 Å². The fraction of sp³-hybridized carbons (Fsp3) is 0.0833. The zero-order chi connectivity index (χ0) is 23.7. The van der Waals surface area contributed by atoms with Crippen molar-refractivity contribution in [1.29, 1.82) is 0 Å². The van der Waals surface area contributed by atoms with Gasteiger partial charge < -0.3 is 9.88 Å². The molecule has 166 valence electrons. The summed E-state index contributed by atoms with van der Waals surface area (Å²) in [6.45, 7) is 1.40. The number of nitrogens with zero attached hydrogens (tertiary/aromatic N) is 2. The number of ketones is 1. The van der Waals surface area contributed by atoms with Crippen molar-refractivity contribution in [2.24, 2.45) is 0 Å². The van der Waals surface area contributed by atoms with E-state index in [0.29, 0.717) is 10.2 Å². The van der Waals surface area contributed by atoms with Crippen LogP contribution in [-0.2, 0) is 11.3 Å². The maximum absolute atomic E-state index is 14.1. The SMILES string of the molecule is Cc1ccc2c(=O)c(C(=O)c3ccc(F)cc3)cn(CC(=O)Nc3ccc(Br)cc3F)c2n1. The minimum absolute atomic E-state index is 0.0136. The van der Waals surface area contributed by atoms with E-state index in [4.69, 9.17) is 0 Å². The molecule has 4 aromatic rings. The summed E-state index contributed by atoms with van der Waals surface area (Å²) in [5.74, 6) is -2.33. The first-order valence-electron chi connectivity index (χ1n) is 9.79. The van der Waals surface area contributed by atoms with Crippen LogP contribution in [0.2, 0.25) is 0 Å². The maximum Gasteiger partial charge on any atom is 0.244 e. The van der Waals surface area contributed by atoms with Crippen molar-refractivity contribution >= 4 is 44.3 Å². The van der Waals surface area contributed by atoms with Crippen molar-refractivity contribution in [2.75, 3.05) is 5.32 Å². The minimum Gasteiger partial charge on any atom is -0.322 e. The molecule has 33 heavy (non-hydrogen) atoms. The molecule has 0 saturated carbocycles. The van der Waals surface area contributed by atoms with E-state index in [1.165, 1.54) is 41.1 Å². The summed E-state index contributed by atoms with van der Waals surface area (Å²) in [7, 11) is 0. The second-order valence-corrected chi connectivity index (χ2v) is 8.25. The molecule has 2 aromatic carbocycles. The Morgan fingerprint density at radius 2 is 1.79 bits per heavy atom. The summed E-state index contributed by atoms with van der Waals surface area (Å²) in [4.78, 5) is 43.0. The molecule has 0 spiro atoms. The van der Waals surface area contributed by atoms with Crippen LogP contribution in [-0.4, -0.2) is 21.2 Å². The number of rotatable bonds is 5. The normalized spacial score (nSPS) is 10.9. The van der Waals surface area contributed by atoms with Crippen LogP contribution in [0.25, 0.3) is 11.0 Å². The monoisotopic (exact) mass is 511 g/mol. The lowest BCUT2D eigenvalue weighted by Gasteiger charge is -2.13. The van der Waals surface area contributed by atoms with Gasteiger partial charge in [-0.1, -0.05) is 15.9 Å². The Balaban J connectivity index is 1.76. The highest BCUT2D eigenvalue weighted by molar-refractivity contribution is 9.10. The topological polar surface area (TPSA) is 81.1 Å². The Hall–Kier alpha value is -3.72. The molecule has 0 unspecified atom stereocenters. The van der Waals surface area contributed by atoms with Gasteiger partial charge in [0.2, 0.25) is 11.3 Å². The highest BCUT2D eigenvalue weighted by Gasteiger charge is 2.19. The highest BCUT2D eigenvalue weighted by Crippen LogP contribution is 2.20. The van der Waals surface area contributed by atoms with Crippen molar-refractivity contribution in [2.45, 2.75) is 13.5 Å². The van der Waals surface area contributed by atoms with E-state index in [9.17, 15) is 23.2 Å². The second kappa shape index (κ2) is 9.03. The van der Waals surface area contributed by atoms with Gasteiger partial charge in [-0.15, -0.1) is 0 Å². The van der Waals surface area contributed by atoms with E-state index in [1.54, 1.807) is 19.1 Å². The Labute approximate surface area is 195 Å². The van der Waals surface area contributed by atoms with Gasteiger partial charge in [0.15, 0.2) is 5.78 Å². The molecule has 2 aromatic heterocycles. The van der Waals surface area contributed by atoms with Crippen LogP contribution in [0.5, 0.6) is 0 Å². The van der Waals surface area contributed by atoms with Crippen molar-refractivity contribution in [3.8, 4) is 0 Å². The molecule has 0 fully saturated rings. The number of carbonyl (C=O) groups excluding carboxylic acids is 2. The van der Waals surface area contributed by atoms with Gasteiger partial charge in [0.25, 0.3) is 0 Å². The van der Waals surface area contributed by atoms with Crippen molar-refractivity contribution < 1.29 is 18.4 Å². The smallest absolute Gasteiger partial charge is 0.244 e. The number of aryl methyl sites for hydroxylation is 1. The highest BCUT2D eigenvalue weighted by atomic mass is 79.9. The van der Waals surface area contributed by atoms with Crippen molar-refractivity contribution in [3.05, 3.63) is 104 Å². The molecule has 1 N–H and O–H groups in total. The molecule has 0 radical (unpaired) electrons. The number of anilines is 1. The molecule has 9 heteroatoms. The number of nitrogens with one attached hydrogen (secondary N) is 1. The van der Waals surface area contributed by atoms with Crippen LogP contribution in [0.1, 0.15) is 21.6 Å². The predicted octanol–water partition coefficient (Wildman–Crippen LogP) is 4.62. The van der Waals surface area contributed by atoms with Crippen LogP contribution >= 0.6 is 15.9 Å². The average molecular weight is 512 g/mol. The third-order valence-corrected chi connectivity index (χ3v) is 5.42. The number of hydrogen-bond acceptors (Lipinski definition) is 4. The van der Waals surface area contributed by atoms with Crippen LogP contribution in [0.15, 0.2) is 70.1 Å². The van der Waals surface area contributed by atoms with Gasteiger partial charge in [-0.3, -0.25) is 14.4 Å². The summed E-state index contributed by atoms with van der Waals surface area (Å²) in [6.07, 6.45) is 1.25. The van der Waals surface area contributed by atoms with E-state index in [0.717, 1.165) is 12.1 Å². The fourth-order valence-corrected chi connectivity index (χ4v) is 3.67. The number of hydrogen-bond donors (Lipinski definition) is 1. The van der Waals surface area contributed by atoms with Gasteiger partial charge in [0.1, 0.15) is 23.8 Å². The van der Waals surface area contributed by atoms with Gasteiger partial charge in [-0.05, 0) is 61.5 Å². The average Bonchev–Trinajstić information content (AvgIpc) is 2.77. The second-order valence-electron chi connectivity index (χ2n) is 7.33. The summed E-state index contributed by atoms with van der Waals surface area (Å²) in [5.41, 5.74) is 0.181. The molecule has 0 aliphatic carbocycles. The third-order valence-electron chi connectivity index (χ3n) is 4.93. The summed E-state index contributed by atoms with van der Waals surface area (Å²) >= 11 is 3.15.